The summed E-state index contributed by atoms with van der Waals surface area (Å²) in [6.45, 7) is 3.25. The Morgan fingerprint density at radius 3 is 2.43 bits per heavy atom. The van der Waals surface area contributed by atoms with E-state index in [4.69, 9.17) is 4.74 Å². The number of hydrogen-bond acceptors (Lipinski definition) is 3. The molecule has 2 aromatic carbocycles. The van der Waals surface area contributed by atoms with Gasteiger partial charge in [0.15, 0.2) is 11.6 Å². The fourth-order valence-corrected chi connectivity index (χ4v) is 2.03. The lowest BCUT2D eigenvalue weighted by molar-refractivity contribution is -0.114. The Morgan fingerprint density at radius 2 is 1.83 bits per heavy atom. The second-order valence-corrected chi connectivity index (χ2v) is 5.01. The van der Waals surface area contributed by atoms with Gasteiger partial charge in [-0.05, 0) is 42.8 Å². The minimum Gasteiger partial charge on any atom is -0.494 e. The van der Waals surface area contributed by atoms with E-state index >= 15 is 0 Å². The molecule has 0 saturated heterocycles. The predicted octanol–water partition coefficient (Wildman–Crippen LogP) is 3.35. The zero-order valence-electron chi connectivity index (χ0n) is 13.1. The molecule has 0 unspecified atom stereocenters. The van der Waals surface area contributed by atoms with E-state index in [2.05, 4.69) is 10.6 Å². The van der Waals surface area contributed by atoms with Gasteiger partial charge in [-0.15, -0.1) is 0 Å². The van der Waals surface area contributed by atoms with Crippen LogP contribution in [-0.4, -0.2) is 18.9 Å². The number of aryl methyl sites for hydroxylation is 1. The minimum atomic E-state index is -0.608. The molecule has 5 nitrogen and oxygen atoms in total. The van der Waals surface area contributed by atoms with Crippen molar-refractivity contribution in [2.45, 2.75) is 13.8 Å². The number of nitrogens with one attached hydrogen (secondary N) is 2. The standard InChI is InChI=1S/C17H17FN2O3/c1-10-4-6-13(9-15(10)19-11(2)21)20-17(22)12-5-7-16(23-3)14(18)8-12/h4-9H,1-3H3,(H,19,21)(H,20,22). The Bertz CT molecular complexity index is 759. The highest BCUT2D eigenvalue weighted by molar-refractivity contribution is 6.04. The third-order valence-electron chi connectivity index (χ3n) is 3.22. The molecule has 0 bridgehead atoms. The van der Waals surface area contributed by atoms with Crippen LogP contribution in [0, 0.1) is 12.7 Å². The summed E-state index contributed by atoms with van der Waals surface area (Å²) >= 11 is 0. The van der Waals surface area contributed by atoms with E-state index < -0.39 is 11.7 Å². The molecular weight excluding hydrogens is 299 g/mol. The highest BCUT2D eigenvalue weighted by Crippen LogP contribution is 2.22. The van der Waals surface area contributed by atoms with Gasteiger partial charge in [0, 0.05) is 23.9 Å². The van der Waals surface area contributed by atoms with E-state index in [1.165, 1.54) is 26.2 Å². The second-order valence-electron chi connectivity index (χ2n) is 5.01. The van der Waals surface area contributed by atoms with Crippen molar-refractivity contribution in [1.82, 2.24) is 0 Å². The molecule has 0 aromatic heterocycles. The molecule has 6 heteroatoms. The molecule has 23 heavy (non-hydrogen) atoms. The van der Waals surface area contributed by atoms with Gasteiger partial charge >= 0.3 is 0 Å². The van der Waals surface area contributed by atoms with Gasteiger partial charge in [-0.1, -0.05) is 6.07 Å². The van der Waals surface area contributed by atoms with E-state index in [0.717, 1.165) is 11.6 Å². The van der Waals surface area contributed by atoms with Gasteiger partial charge in [-0.25, -0.2) is 4.39 Å². The summed E-state index contributed by atoms with van der Waals surface area (Å²) in [6.07, 6.45) is 0. The molecule has 2 N–H and O–H groups in total. The summed E-state index contributed by atoms with van der Waals surface area (Å²) in [7, 11) is 1.36. The first-order valence-corrected chi connectivity index (χ1v) is 6.94. The average molecular weight is 316 g/mol. The number of carbonyl (C=O) groups is 2. The lowest BCUT2D eigenvalue weighted by Gasteiger charge is -2.11. The Balaban J connectivity index is 2.20. The normalized spacial score (nSPS) is 10.1. The fraction of sp³-hybridized carbons (Fsp3) is 0.176. The van der Waals surface area contributed by atoms with Crippen LogP contribution in [0.4, 0.5) is 15.8 Å². The van der Waals surface area contributed by atoms with Gasteiger partial charge in [-0.2, -0.15) is 0 Å². The Kier molecular flexibility index (Phi) is 4.95. The molecule has 0 aliphatic rings. The number of anilines is 2. The van der Waals surface area contributed by atoms with Crippen LogP contribution in [0.25, 0.3) is 0 Å². The summed E-state index contributed by atoms with van der Waals surface area (Å²) in [4.78, 5) is 23.3. The summed E-state index contributed by atoms with van der Waals surface area (Å²) in [5, 5.41) is 5.35. The van der Waals surface area contributed by atoms with Crippen molar-refractivity contribution in [3.63, 3.8) is 0 Å². The van der Waals surface area contributed by atoms with Crippen molar-refractivity contribution >= 4 is 23.2 Å². The molecule has 0 heterocycles. The van der Waals surface area contributed by atoms with Crippen molar-refractivity contribution in [3.8, 4) is 5.75 Å². The first-order chi connectivity index (χ1) is 10.9. The SMILES string of the molecule is COc1ccc(C(=O)Nc2ccc(C)c(NC(C)=O)c2)cc1F. The van der Waals surface area contributed by atoms with E-state index in [9.17, 15) is 14.0 Å². The average Bonchev–Trinajstić information content (AvgIpc) is 2.50. The van der Waals surface area contributed by atoms with E-state index in [1.807, 2.05) is 6.92 Å². The van der Waals surface area contributed by atoms with Gasteiger partial charge in [-0.3, -0.25) is 9.59 Å². The van der Waals surface area contributed by atoms with Crippen molar-refractivity contribution in [2.24, 2.45) is 0 Å². The smallest absolute Gasteiger partial charge is 0.255 e. The largest absolute Gasteiger partial charge is 0.494 e. The predicted molar refractivity (Wildman–Crippen MR) is 86.4 cm³/mol. The van der Waals surface area contributed by atoms with Crippen LogP contribution in [0.1, 0.15) is 22.8 Å². The molecule has 0 aliphatic carbocycles. The maximum absolute atomic E-state index is 13.7. The summed E-state index contributed by atoms with van der Waals surface area (Å²) < 4.78 is 18.5. The second kappa shape index (κ2) is 6.91. The molecule has 0 saturated carbocycles. The van der Waals surface area contributed by atoms with Gasteiger partial charge in [0.1, 0.15) is 0 Å². The number of ether oxygens (including phenoxy) is 1. The molecule has 120 valence electrons. The first kappa shape index (κ1) is 16.5. The minimum absolute atomic E-state index is 0.0739. The van der Waals surface area contributed by atoms with Crippen molar-refractivity contribution in [1.29, 1.82) is 0 Å². The summed E-state index contributed by atoms with van der Waals surface area (Å²) in [5.74, 6) is -1.19. The molecule has 0 fully saturated rings. The van der Waals surface area contributed by atoms with Crippen molar-refractivity contribution < 1.29 is 18.7 Å². The van der Waals surface area contributed by atoms with Crippen LogP contribution in [0.2, 0.25) is 0 Å². The van der Waals surface area contributed by atoms with Gasteiger partial charge in [0.25, 0.3) is 5.91 Å². The molecule has 0 radical (unpaired) electrons. The molecule has 0 aliphatic heterocycles. The highest BCUT2D eigenvalue weighted by atomic mass is 19.1. The molecule has 2 amide bonds. The Labute approximate surface area is 133 Å². The third-order valence-corrected chi connectivity index (χ3v) is 3.22. The zero-order chi connectivity index (χ0) is 17.0. The number of methoxy groups -OCH3 is 1. The van der Waals surface area contributed by atoms with Crippen molar-refractivity contribution in [3.05, 3.63) is 53.3 Å². The van der Waals surface area contributed by atoms with Gasteiger partial charge < -0.3 is 15.4 Å². The fourth-order valence-electron chi connectivity index (χ4n) is 2.03. The molecule has 2 rings (SSSR count). The zero-order valence-corrected chi connectivity index (χ0v) is 13.1. The monoisotopic (exact) mass is 316 g/mol. The molecule has 0 spiro atoms. The number of halogens is 1. The van der Waals surface area contributed by atoms with Crippen LogP contribution < -0.4 is 15.4 Å². The number of rotatable bonds is 4. The Hall–Kier alpha value is -2.89. The van der Waals surface area contributed by atoms with Crippen LogP contribution in [0.5, 0.6) is 5.75 Å². The van der Waals surface area contributed by atoms with Crippen LogP contribution >= 0.6 is 0 Å². The number of hydrogen-bond donors (Lipinski definition) is 2. The number of benzene rings is 2. The third kappa shape index (κ3) is 4.06. The van der Waals surface area contributed by atoms with Crippen molar-refractivity contribution in [2.75, 3.05) is 17.7 Å². The lowest BCUT2D eigenvalue weighted by Crippen LogP contribution is -2.13. The van der Waals surface area contributed by atoms with Crippen LogP contribution in [0.3, 0.4) is 0 Å². The van der Waals surface area contributed by atoms with Gasteiger partial charge in [0.2, 0.25) is 5.91 Å². The van der Waals surface area contributed by atoms with E-state index in [-0.39, 0.29) is 17.2 Å². The lowest BCUT2D eigenvalue weighted by atomic mass is 10.1. The highest BCUT2D eigenvalue weighted by Gasteiger charge is 2.11. The van der Waals surface area contributed by atoms with E-state index in [1.54, 1.807) is 18.2 Å². The maximum Gasteiger partial charge on any atom is 0.255 e. The number of carbonyl (C=O) groups excluding carboxylic acids is 2. The maximum atomic E-state index is 13.7. The van der Waals surface area contributed by atoms with E-state index in [0.29, 0.717) is 11.4 Å². The molecule has 0 atom stereocenters. The topological polar surface area (TPSA) is 67.4 Å². The summed E-state index contributed by atoms with van der Waals surface area (Å²) in [5.41, 5.74) is 2.15. The summed E-state index contributed by atoms with van der Waals surface area (Å²) in [6, 6.07) is 9.10. The quantitative estimate of drug-likeness (QED) is 0.909. The van der Waals surface area contributed by atoms with Gasteiger partial charge in [0.05, 0.1) is 7.11 Å². The van der Waals surface area contributed by atoms with Crippen LogP contribution in [-0.2, 0) is 4.79 Å². The Morgan fingerprint density at radius 1 is 1.09 bits per heavy atom. The first-order valence-electron chi connectivity index (χ1n) is 6.94. The molecule has 2 aromatic rings. The van der Waals surface area contributed by atoms with Crippen LogP contribution in [0.15, 0.2) is 36.4 Å². The number of amides is 2. The molecular formula is C17H17FN2O3.